The van der Waals surface area contributed by atoms with Crippen molar-refractivity contribution in [3.8, 4) is 0 Å². The Kier molecular flexibility index (Phi) is 5.36. The Morgan fingerprint density at radius 3 is 2.82 bits per heavy atom. The number of fused-ring (bicyclic) bond motifs is 1. The highest BCUT2D eigenvalue weighted by molar-refractivity contribution is 5.95. The van der Waals surface area contributed by atoms with Crippen molar-refractivity contribution < 1.29 is 14.6 Å². The van der Waals surface area contributed by atoms with Gasteiger partial charge in [-0.3, -0.25) is 9.59 Å². The molecule has 1 aromatic rings. The number of amides is 1. The number of carbonyl (C=O) groups excluding carboxylic acids is 1. The summed E-state index contributed by atoms with van der Waals surface area (Å²) < 4.78 is 7.41. The SMILES string of the molecule is Cc1cc(C)n(C[C@@H]2CCCO2)c(=O)c1C(=O)N1CC[C@@]2(O)CCCC[C@H]2C1. The fourth-order valence-corrected chi connectivity index (χ4v) is 5.32. The molecule has 1 amide bonds. The van der Waals surface area contributed by atoms with Gasteiger partial charge in [0, 0.05) is 31.3 Å². The topological polar surface area (TPSA) is 71.8 Å². The lowest BCUT2D eigenvalue weighted by molar-refractivity contribution is -0.0886. The van der Waals surface area contributed by atoms with Crippen LogP contribution in [-0.2, 0) is 11.3 Å². The van der Waals surface area contributed by atoms with Crippen LogP contribution < -0.4 is 5.56 Å². The molecule has 0 spiro atoms. The summed E-state index contributed by atoms with van der Waals surface area (Å²) >= 11 is 0. The van der Waals surface area contributed by atoms with E-state index in [1.807, 2.05) is 19.9 Å². The highest BCUT2D eigenvalue weighted by atomic mass is 16.5. The van der Waals surface area contributed by atoms with Crippen LogP contribution in [0.25, 0.3) is 0 Å². The van der Waals surface area contributed by atoms with E-state index in [0.29, 0.717) is 26.1 Å². The number of hydrogen-bond acceptors (Lipinski definition) is 4. The van der Waals surface area contributed by atoms with E-state index in [1.54, 1.807) is 9.47 Å². The van der Waals surface area contributed by atoms with E-state index in [1.165, 1.54) is 0 Å². The molecule has 2 aliphatic heterocycles. The summed E-state index contributed by atoms with van der Waals surface area (Å²) in [5.41, 5.74) is 1.06. The number of aryl methyl sites for hydroxylation is 2. The van der Waals surface area contributed by atoms with E-state index in [4.69, 9.17) is 4.74 Å². The molecule has 154 valence electrons. The van der Waals surface area contributed by atoms with E-state index in [-0.39, 0.29) is 29.1 Å². The summed E-state index contributed by atoms with van der Waals surface area (Å²) in [5.74, 6) is -0.0602. The minimum Gasteiger partial charge on any atom is -0.389 e. The second-order valence-corrected chi connectivity index (χ2v) is 8.94. The van der Waals surface area contributed by atoms with Crippen LogP contribution in [0.4, 0.5) is 0 Å². The van der Waals surface area contributed by atoms with Crippen molar-refractivity contribution in [3.05, 3.63) is 33.2 Å². The van der Waals surface area contributed by atoms with E-state index in [2.05, 4.69) is 0 Å². The number of likely N-dealkylation sites (tertiary alicyclic amines) is 1. The molecule has 4 rings (SSSR count). The van der Waals surface area contributed by atoms with Crippen molar-refractivity contribution in [2.75, 3.05) is 19.7 Å². The van der Waals surface area contributed by atoms with Gasteiger partial charge in [0.15, 0.2) is 0 Å². The van der Waals surface area contributed by atoms with Crippen molar-refractivity contribution in [2.24, 2.45) is 5.92 Å². The second kappa shape index (κ2) is 7.64. The van der Waals surface area contributed by atoms with E-state index < -0.39 is 5.60 Å². The van der Waals surface area contributed by atoms with Gasteiger partial charge in [0.05, 0.1) is 18.2 Å². The fraction of sp³-hybridized carbons (Fsp3) is 0.727. The zero-order valence-electron chi connectivity index (χ0n) is 17.1. The summed E-state index contributed by atoms with van der Waals surface area (Å²) in [4.78, 5) is 28.4. The molecule has 0 aromatic carbocycles. The summed E-state index contributed by atoms with van der Waals surface area (Å²) in [5, 5.41) is 10.9. The molecular weight excluding hydrogens is 356 g/mol. The van der Waals surface area contributed by atoms with Crippen molar-refractivity contribution >= 4 is 5.91 Å². The minimum atomic E-state index is -0.628. The third-order valence-electron chi connectivity index (χ3n) is 7.04. The predicted molar refractivity (Wildman–Crippen MR) is 107 cm³/mol. The first kappa shape index (κ1) is 19.6. The molecule has 0 bridgehead atoms. The summed E-state index contributed by atoms with van der Waals surface area (Å²) in [6.45, 7) is 6.08. The van der Waals surface area contributed by atoms with Gasteiger partial charge in [-0.15, -0.1) is 0 Å². The zero-order chi connectivity index (χ0) is 19.9. The molecule has 0 unspecified atom stereocenters. The van der Waals surface area contributed by atoms with Gasteiger partial charge >= 0.3 is 0 Å². The number of rotatable bonds is 3. The number of aliphatic hydroxyl groups is 1. The van der Waals surface area contributed by atoms with Crippen LogP contribution in [0, 0.1) is 19.8 Å². The second-order valence-electron chi connectivity index (χ2n) is 8.94. The van der Waals surface area contributed by atoms with Crippen LogP contribution >= 0.6 is 0 Å². The normalized spacial score (nSPS) is 30.3. The van der Waals surface area contributed by atoms with Gasteiger partial charge in [-0.2, -0.15) is 0 Å². The third-order valence-corrected chi connectivity index (χ3v) is 7.04. The van der Waals surface area contributed by atoms with Crippen LogP contribution in [0.1, 0.15) is 66.6 Å². The average Bonchev–Trinajstić information content (AvgIpc) is 3.17. The Morgan fingerprint density at radius 2 is 2.07 bits per heavy atom. The van der Waals surface area contributed by atoms with Crippen molar-refractivity contribution in [3.63, 3.8) is 0 Å². The largest absolute Gasteiger partial charge is 0.389 e. The molecule has 6 nitrogen and oxygen atoms in total. The summed E-state index contributed by atoms with van der Waals surface area (Å²) in [6.07, 6.45) is 6.59. The van der Waals surface area contributed by atoms with Crippen molar-refractivity contribution in [2.45, 2.75) is 77.0 Å². The quantitative estimate of drug-likeness (QED) is 0.863. The number of piperidine rings is 1. The lowest BCUT2D eigenvalue weighted by atomic mass is 9.71. The number of aromatic nitrogens is 1. The Hall–Kier alpha value is -1.66. The Morgan fingerprint density at radius 1 is 1.25 bits per heavy atom. The highest BCUT2D eigenvalue weighted by Crippen LogP contribution is 2.40. The summed E-state index contributed by atoms with van der Waals surface area (Å²) in [6, 6.07) is 1.93. The first-order chi connectivity index (χ1) is 13.4. The molecule has 3 fully saturated rings. The molecule has 1 aliphatic carbocycles. The average molecular weight is 389 g/mol. The van der Waals surface area contributed by atoms with Gasteiger partial charge < -0.3 is 19.3 Å². The van der Waals surface area contributed by atoms with Gasteiger partial charge in [-0.25, -0.2) is 0 Å². The summed E-state index contributed by atoms with van der Waals surface area (Å²) in [7, 11) is 0. The maximum atomic E-state index is 13.3. The van der Waals surface area contributed by atoms with Gasteiger partial charge in [-0.1, -0.05) is 12.8 Å². The molecule has 3 atom stereocenters. The van der Waals surface area contributed by atoms with E-state index in [0.717, 1.165) is 56.4 Å². The lowest BCUT2D eigenvalue weighted by Gasteiger charge is -2.47. The molecule has 0 radical (unpaired) electrons. The molecule has 2 saturated heterocycles. The van der Waals surface area contributed by atoms with Crippen LogP contribution in [-0.4, -0.2) is 51.9 Å². The first-order valence-electron chi connectivity index (χ1n) is 10.7. The molecule has 6 heteroatoms. The number of pyridine rings is 1. The molecule has 28 heavy (non-hydrogen) atoms. The third kappa shape index (κ3) is 3.52. The van der Waals surface area contributed by atoms with Crippen LogP contribution in [0.3, 0.4) is 0 Å². The molecule has 1 aromatic heterocycles. The van der Waals surface area contributed by atoms with Crippen LogP contribution in [0.2, 0.25) is 0 Å². The first-order valence-corrected chi connectivity index (χ1v) is 10.7. The maximum absolute atomic E-state index is 13.3. The Bertz CT molecular complexity index is 811. The van der Waals surface area contributed by atoms with Crippen LogP contribution in [0.15, 0.2) is 10.9 Å². The number of hydrogen-bond donors (Lipinski definition) is 1. The van der Waals surface area contributed by atoms with Gasteiger partial charge in [0.25, 0.3) is 11.5 Å². The standard InChI is InChI=1S/C22H32N2O4/c1-15-12-16(2)24(14-18-7-5-11-28-18)21(26)19(15)20(25)23-10-9-22(27)8-4-3-6-17(22)13-23/h12,17-18,27H,3-11,13-14H2,1-2H3/t17-,18-,22-/m0/s1. The fourth-order valence-electron chi connectivity index (χ4n) is 5.32. The molecule has 3 heterocycles. The minimum absolute atomic E-state index is 0.0503. The number of carbonyl (C=O) groups is 1. The predicted octanol–water partition coefficient (Wildman–Crippen LogP) is 2.41. The van der Waals surface area contributed by atoms with Gasteiger partial charge in [-0.05, 0) is 57.6 Å². The Labute approximate surface area is 166 Å². The molecular formula is C22H32N2O4. The Balaban J connectivity index is 1.59. The molecule has 3 aliphatic rings. The monoisotopic (exact) mass is 388 g/mol. The van der Waals surface area contributed by atoms with Crippen LogP contribution in [0.5, 0.6) is 0 Å². The van der Waals surface area contributed by atoms with E-state index >= 15 is 0 Å². The smallest absolute Gasteiger partial charge is 0.263 e. The highest BCUT2D eigenvalue weighted by Gasteiger charge is 2.44. The van der Waals surface area contributed by atoms with Gasteiger partial charge in [0.2, 0.25) is 0 Å². The molecule has 1 saturated carbocycles. The zero-order valence-corrected chi connectivity index (χ0v) is 17.1. The lowest BCUT2D eigenvalue weighted by Crippen LogP contribution is -2.55. The maximum Gasteiger partial charge on any atom is 0.263 e. The van der Waals surface area contributed by atoms with Crippen molar-refractivity contribution in [1.82, 2.24) is 9.47 Å². The molecule has 1 N–H and O–H groups in total. The number of nitrogens with zero attached hydrogens (tertiary/aromatic N) is 2. The van der Waals surface area contributed by atoms with Crippen molar-refractivity contribution in [1.29, 1.82) is 0 Å². The number of ether oxygens (including phenoxy) is 1. The van der Waals surface area contributed by atoms with Gasteiger partial charge in [0.1, 0.15) is 5.56 Å². The van der Waals surface area contributed by atoms with E-state index in [9.17, 15) is 14.7 Å².